The third kappa shape index (κ3) is 1.95. The minimum atomic E-state index is -4.91. The summed E-state index contributed by atoms with van der Waals surface area (Å²) in [6.45, 7) is 0.121. The quantitative estimate of drug-likeness (QED) is 0.780. The Balaban J connectivity index is 2.55. The average Bonchev–Trinajstić information content (AvgIpc) is 2.64. The van der Waals surface area contributed by atoms with Crippen molar-refractivity contribution in [3.05, 3.63) is 28.8 Å². The largest absolute Gasteiger partial charge is 0.490 e. The van der Waals surface area contributed by atoms with Crippen molar-refractivity contribution < 1.29 is 26.7 Å². The Kier molecular flexibility index (Phi) is 2.73. The molecule has 1 aromatic rings. The Morgan fingerprint density at radius 3 is 2.53 bits per heavy atom. The molecule has 7 heteroatoms. The highest BCUT2D eigenvalue weighted by molar-refractivity contribution is 5.44. The van der Waals surface area contributed by atoms with Crippen LogP contribution in [0, 0.1) is 11.6 Å². The van der Waals surface area contributed by atoms with Gasteiger partial charge in [0.2, 0.25) is 0 Å². The number of nitrogens with two attached hydrogens (primary N) is 1. The maximum Gasteiger partial charge on any atom is 0.407 e. The summed E-state index contributed by atoms with van der Waals surface area (Å²) in [6, 6.07) is -1.86. The summed E-state index contributed by atoms with van der Waals surface area (Å²) >= 11 is 0. The normalized spacial score (nSPS) is 16.6. The first-order chi connectivity index (χ1) is 7.82. The molecular formula is C10H8F5NO. The third-order valence-electron chi connectivity index (χ3n) is 2.57. The molecule has 94 valence electrons. The summed E-state index contributed by atoms with van der Waals surface area (Å²) in [5.41, 5.74) is 3.83. The molecule has 0 aromatic heterocycles. The molecule has 1 aliphatic heterocycles. The van der Waals surface area contributed by atoms with Crippen molar-refractivity contribution in [2.24, 2.45) is 5.73 Å². The van der Waals surface area contributed by atoms with Gasteiger partial charge in [-0.25, -0.2) is 8.78 Å². The third-order valence-corrected chi connectivity index (χ3v) is 2.57. The first kappa shape index (κ1) is 12.1. The molecule has 0 aliphatic carbocycles. The summed E-state index contributed by atoms with van der Waals surface area (Å²) in [5, 5.41) is 0. The highest BCUT2D eigenvalue weighted by Crippen LogP contribution is 2.39. The summed E-state index contributed by atoms with van der Waals surface area (Å²) < 4.78 is 68.9. The molecular weight excluding hydrogens is 245 g/mol. The summed E-state index contributed by atoms with van der Waals surface area (Å²) in [5.74, 6) is -2.99. The molecule has 1 aliphatic rings. The summed E-state index contributed by atoms with van der Waals surface area (Å²) in [4.78, 5) is 0. The van der Waals surface area contributed by atoms with Gasteiger partial charge in [0.1, 0.15) is 11.9 Å². The van der Waals surface area contributed by atoms with Crippen LogP contribution in [-0.2, 0) is 6.42 Å². The zero-order chi connectivity index (χ0) is 12.8. The summed E-state index contributed by atoms with van der Waals surface area (Å²) in [7, 11) is 0. The molecule has 1 heterocycles. The van der Waals surface area contributed by atoms with E-state index >= 15 is 0 Å². The fourth-order valence-electron chi connectivity index (χ4n) is 1.72. The number of halogens is 5. The maximum atomic E-state index is 13.7. The van der Waals surface area contributed by atoms with Gasteiger partial charge < -0.3 is 10.5 Å². The topological polar surface area (TPSA) is 35.2 Å². The van der Waals surface area contributed by atoms with Crippen LogP contribution in [0.1, 0.15) is 17.2 Å². The Labute approximate surface area is 93.2 Å². The van der Waals surface area contributed by atoms with E-state index in [0.29, 0.717) is 0 Å². The van der Waals surface area contributed by atoms with Gasteiger partial charge in [0.25, 0.3) is 0 Å². The number of benzene rings is 1. The molecule has 0 saturated carbocycles. The lowest BCUT2D eigenvalue weighted by atomic mass is 10.0. The maximum absolute atomic E-state index is 13.7. The van der Waals surface area contributed by atoms with Gasteiger partial charge in [-0.05, 0) is 6.07 Å². The van der Waals surface area contributed by atoms with Crippen LogP contribution in [0.2, 0.25) is 0 Å². The van der Waals surface area contributed by atoms with Crippen LogP contribution in [0.3, 0.4) is 0 Å². The van der Waals surface area contributed by atoms with E-state index < -0.39 is 29.4 Å². The minimum Gasteiger partial charge on any atom is -0.490 e. The van der Waals surface area contributed by atoms with Crippen molar-refractivity contribution in [1.29, 1.82) is 0 Å². The highest BCUT2D eigenvalue weighted by Gasteiger charge is 2.42. The van der Waals surface area contributed by atoms with E-state index in [0.717, 1.165) is 6.07 Å². The standard InChI is InChI=1S/C10H8F5NO/c11-5-3-4-1-2-17-8(4)7(12)6(5)9(16)10(13,14)15/h3,9H,1-2,16H2/t9-/m1/s1. The van der Waals surface area contributed by atoms with Gasteiger partial charge in [0, 0.05) is 12.0 Å². The molecule has 2 N–H and O–H groups in total. The molecule has 0 amide bonds. The van der Waals surface area contributed by atoms with E-state index in [4.69, 9.17) is 10.5 Å². The number of fused-ring (bicyclic) bond motifs is 1. The predicted octanol–water partition coefficient (Wildman–Crippen LogP) is 2.46. The number of hydrogen-bond acceptors (Lipinski definition) is 2. The van der Waals surface area contributed by atoms with Gasteiger partial charge in [0.05, 0.1) is 12.2 Å². The number of alkyl halides is 3. The smallest absolute Gasteiger partial charge is 0.407 e. The van der Waals surface area contributed by atoms with Crippen molar-refractivity contribution in [1.82, 2.24) is 0 Å². The van der Waals surface area contributed by atoms with Gasteiger partial charge in [-0.3, -0.25) is 0 Å². The SMILES string of the molecule is N[C@H](c1c(F)cc2c(c1F)OCC2)C(F)(F)F. The molecule has 0 saturated heterocycles. The first-order valence-electron chi connectivity index (χ1n) is 4.78. The lowest BCUT2D eigenvalue weighted by molar-refractivity contribution is -0.150. The zero-order valence-electron chi connectivity index (χ0n) is 8.44. The molecule has 2 nitrogen and oxygen atoms in total. The Hall–Kier alpha value is -1.37. The number of ether oxygens (including phenoxy) is 1. The van der Waals surface area contributed by atoms with Crippen molar-refractivity contribution in [2.45, 2.75) is 18.6 Å². The Morgan fingerprint density at radius 2 is 1.94 bits per heavy atom. The monoisotopic (exact) mass is 253 g/mol. The molecule has 2 rings (SSSR count). The van der Waals surface area contributed by atoms with Crippen LogP contribution in [-0.4, -0.2) is 12.8 Å². The lowest BCUT2D eigenvalue weighted by Gasteiger charge is -2.18. The van der Waals surface area contributed by atoms with Crippen LogP contribution >= 0.6 is 0 Å². The van der Waals surface area contributed by atoms with E-state index in [1.165, 1.54) is 0 Å². The summed E-state index contributed by atoms with van der Waals surface area (Å²) in [6.07, 6.45) is -4.64. The average molecular weight is 253 g/mol. The second kappa shape index (κ2) is 3.83. The van der Waals surface area contributed by atoms with Crippen LogP contribution in [0.25, 0.3) is 0 Å². The Bertz CT molecular complexity index is 457. The van der Waals surface area contributed by atoms with Gasteiger partial charge in [0.15, 0.2) is 11.6 Å². The van der Waals surface area contributed by atoms with Crippen molar-refractivity contribution in [2.75, 3.05) is 6.61 Å². The molecule has 0 fully saturated rings. The van der Waals surface area contributed by atoms with E-state index in [9.17, 15) is 22.0 Å². The molecule has 0 bridgehead atoms. The van der Waals surface area contributed by atoms with Crippen molar-refractivity contribution in [3.8, 4) is 5.75 Å². The second-order valence-corrected chi connectivity index (χ2v) is 3.69. The molecule has 0 spiro atoms. The number of rotatable bonds is 1. The Morgan fingerprint density at radius 1 is 1.29 bits per heavy atom. The van der Waals surface area contributed by atoms with E-state index in [1.54, 1.807) is 0 Å². The van der Waals surface area contributed by atoms with Crippen LogP contribution in [0.4, 0.5) is 22.0 Å². The van der Waals surface area contributed by atoms with Crippen molar-refractivity contribution in [3.63, 3.8) is 0 Å². The number of hydrogen-bond donors (Lipinski definition) is 1. The van der Waals surface area contributed by atoms with E-state index in [1.807, 2.05) is 0 Å². The van der Waals surface area contributed by atoms with Crippen LogP contribution in [0.15, 0.2) is 6.07 Å². The molecule has 1 aromatic carbocycles. The van der Waals surface area contributed by atoms with E-state index in [2.05, 4.69) is 0 Å². The molecule has 1 atom stereocenters. The lowest BCUT2D eigenvalue weighted by Crippen LogP contribution is -2.30. The van der Waals surface area contributed by atoms with Crippen LogP contribution < -0.4 is 10.5 Å². The minimum absolute atomic E-state index is 0.121. The second-order valence-electron chi connectivity index (χ2n) is 3.69. The van der Waals surface area contributed by atoms with Gasteiger partial charge in [-0.2, -0.15) is 13.2 Å². The predicted molar refractivity (Wildman–Crippen MR) is 48.5 cm³/mol. The van der Waals surface area contributed by atoms with Crippen molar-refractivity contribution >= 4 is 0 Å². The van der Waals surface area contributed by atoms with Gasteiger partial charge >= 0.3 is 6.18 Å². The molecule has 0 unspecified atom stereocenters. The fraction of sp³-hybridized carbons (Fsp3) is 0.400. The van der Waals surface area contributed by atoms with E-state index in [-0.39, 0.29) is 24.3 Å². The highest BCUT2D eigenvalue weighted by atomic mass is 19.4. The van der Waals surface area contributed by atoms with Gasteiger partial charge in [-0.1, -0.05) is 0 Å². The first-order valence-corrected chi connectivity index (χ1v) is 4.78. The fourth-order valence-corrected chi connectivity index (χ4v) is 1.72. The van der Waals surface area contributed by atoms with Gasteiger partial charge in [-0.15, -0.1) is 0 Å². The zero-order valence-corrected chi connectivity index (χ0v) is 8.44. The molecule has 0 radical (unpaired) electrons. The molecule has 17 heavy (non-hydrogen) atoms. The van der Waals surface area contributed by atoms with Crippen LogP contribution in [0.5, 0.6) is 5.75 Å².